The molecular formula is C14H14N2O3. The molecule has 1 aromatic carbocycles. The number of ketones is 1. The molecule has 1 heterocycles. The number of rotatable bonds is 4. The number of hydrogen-bond acceptors (Lipinski definition) is 3. The Labute approximate surface area is 110 Å². The molecule has 0 unspecified atom stereocenters. The molecule has 3 N–H and O–H groups in total. The highest BCUT2D eigenvalue weighted by Crippen LogP contribution is 2.15. The minimum Gasteiger partial charge on any atom is -0.508 e. The predicted molar refractivity (Wildman–Crippen MR) is 70.1 cm³/mol. The Bertz CT molecular complexity index is 617. The van der Waals surface area contributed by atoms with E-state index in [-0.39, 0.29) is 24.0 Å². The lowest BCUT2D eigenvalue weighted by Crippen LogP contribution is -2.23. The summed E-state index contributed by atoms with van der Waals surface area (Å²) in [5.41, 5.74) is 1.42. The number of phenolic OH excluding ortho intramolecular Hbond substituents is 1. The van der Waals surface area contributed by atoms with Crippen molar-refractivity contribution in [3.63, 3.8) is 0 Å². The summed E-state index contributed by atoms with van der Waals surface area (Å²) < 4.78 is 0. The number of aromatic nitrogens is 1. The third-order valence-electron chi connectivity index (χ3n) is 2.77. The lowest BCUT2D eigenvalue weighted by Gasteiger charge is -2.05. The second-order valence-corrected chi connectivity index (χ2v) is 4.17. The summed E-state index contributed by atoms with van der Waals surface area (Å²) in [7, 11) is 0. The van der Waals surface area contributed by atoms with E-state index in [9.17, 15) is 14.7 Å². The van der Waals surface area contributed by atoms with Gasteiger partial charge in [-0.05, 0) is 19.1 Å². The van der Waals surface area contributed by atoms with Gasteiger partial charge in [-0.25, -0.2) is 0 Å². The lowest BCUT2D eigenvalue weighted by atomic mass is 10.2. The van der Waals surface area contributed by atoms with Gasteiger partial charge in [-0.1, -0.05) is 18.2 Å². The highest BCUT2D eigenvalue weighted by atomic mass is 16.3. The topological polar surface area (TPSA) is 82.2 Å². The molecule has 0 saturated carbocycles. The van der Waals surface area contributed by atoms with E-state index < -0.39 is 0 Å². The van der Waals surface area contributed by atoms with Crippen molar-refractivity contribution < 1.29 is 14.7 Å². The summed E-state index contributed by atoms with van der Waals surface area (Å²) >= 11 is 0. The van der Waals surface area contributed by atoms with Gasteiger partial charge in [-0.15, -0.1) is 0 Å². The van der Waals surface area contributed by atoms with Crippen molar-refractivity contribution >= 4 is 11.7 Å². The fourth-order valence-electron chi connectivity index (χ4n) is 1.66. The van der Waals surface area contributed by atoms with Crippen LogP contribution in [0.5, 0.6) is 5.75 Å². The number of aromatic hydroxyl groups is 1. The summed E-state index contributed by atoms with van der Waals surface area (Å²) in [5.74, 6) is -0.287. The Morgan fingerprint density at radius 2 is 2.05 bits per heavy atom. The van der Waals surface area contributed by atoms with Gasteiger partial charge in [0.05, 0.1) is 0 Å². The number of aromatic amines is 1. The molecule has 0 aliphatic heterocycles. The van der Waals surface area contributed by atoms with Crippen LogP contribution in [-0.2, 0) is 6.54 Å². The lowest BCUT2D eigenvalue weighted by molar-refractivity contribution is 0.0946. The van der Waals surface area contributed by atoms with Crippen molar-refractivity contribution in [2.45, 2.75) is 13.5 Å². The first-order valence-corrected chi connectivity index (χ1v) is 5.82. The molecule has 5 nitrogen and oxygen atoms in total. The Kier molecular flexibility index (Phi) is 3.66. The molecule has 0 aliphatic rings. The van der Waals surface area contributed by atoms with Crippen molar-refractivity contribution in [3.05, 3.63) is 53.3 Å². The summed E-state index contributed by atoms with van der Waals surface area (Å²) in [5, 5.41) is 12.2. The molecule has 2 aromatic rings. The quantitative estimate of drug-likeness (QED) is 0.732. The molecule has 0 bridgehead atoms. The molecule has 1 amide bonds. The summed E-state index contributed by atoms with van der Waals surface area (Å²) in [6.07, 6.45) is 1.50. The van der Waals surface area contributed by atoms with Crippen LogP contribution in [0.1, 0.15) is 33.3 Å². The average Bonchev–Trinajstić information content (AvgIpc) is 2.87. The van der Waals surface area contributed by atoms with E-state index >= 15 is 0 Å². The molecule has 0 saturated heterocycles. The Hall–Kier alpha value is -2.56. The molecule has 2 rings (SSSR count). The summed E-state index contributed by atoms with van der Waals surface area (Å²) in [6, 6.07) is 8.28. The highest BCUT2D eigenvalue weighted by molar-refractivity contribution is 5.99. The standard InChI is InChI=1S/C14H14N2O3/c1-9(17)11-6-12(15-8-11)14(19)16-7-10-4-2-3-5-13(10)18/h2-6,8,15,18H,7H2,1H3,(H,16,19). The molecule has 1 aromatic heterocycles. The first kappa shape index (κ1) is 12.9. The predicted octanol–water partition coefficient (Wildman–Crippen LogP) is 1.85. The minimum absolute atomic E-state index is 0.101. The van der Waals surface area contributed by atoms with Gasteiger partial charge in [0.15, 0.2) is 5.78 Å². The molecule has 0 spiro atoms. The second-order valence-electron chi connectivity index (χ2n) is 4.17. The molecule has 5 heteroatoms. The largest absolute Gasteiger partial charge is 0.508 e. The van der Waals surface area contributed by atoms with Gasteiger partial charge >= 0.3 is 0 Å². The van der Waals surface area contributed by atoms with Crippen LogP contribution in [0.25, 0.3) is 0 Å². The zero-order valence-corrected chi connectivity index (χ0v) is 10.4. The smallest absolute Gasteiger partial charge is 0.267 e. The Morgan fingerprint density at radius 3 is 2.68 bits per heavy atom. The van der Waals surface area contributed by atoms with E-state index in [2.05, 4.69) is 10.3 Å². The SMILES string of the molecule is CC(=O)c1c[nH]c(C(=O)NCc2ccccc2O)c1. The number of carbonyl (C=O) groups excluding carboxylic acids is 2. The van der Waals surface area contributed by atoms with E-state index in [1.165, 1.54) is 19.2 Å². The number of phenols is 1. The maximum Gasteiger partial charge on any atom is 0.267 e. The van der Waals surface area contributed by atoms with Gasteiger partial charge in [0, 0.05) is 23.9 Å². The van der Waals surface area contributed by atoms with Crippen LogP contribution in [0.15, 0.2) is 36.5 Å². The first-order valence-electron chi connectivity index (χ1n) is 5.82. The van der Waals surface area contributed by atoms with E-state index in [0.29, 0.717) is 16.8 Å². The zero-order chi connectivity index (χ0) is 13.8. The van der Waals surface area contributed by atoms with E-state index in [0.717, 1.165) is 0 Å². The van der Waals surface area contributed by atoms with E-state index in [1.54, 1.807) is 24.3 Å². The van der Waals surface area contributed by atoms with Crippen molar-refractivity contribution in [2.75, 3.05) is 0 Å². The van der Waals surface area contributed by atoms with Crippen LogP contribution in [0, 0.1) is 0 Å². The number of para-hydroxylation sites is 1. The Balaban J connectivity index is 2.01. The first-order chi connectivity index (χ1) is 9.08. The monoisotopic (exact) mass is 258 g/mol. The number of benzene rings is 1. The number of hydrogen-bond donors (Lipinski definition) is 3. The number of nitrogens with one attached hydrogen (secondary N) is 2. The van der Waals surface area contributed by atoms with Gasteiger partial charge in [-0.2, -0.15) is 0 Å². The fraction of sp³-hybridized carbons (Fsp3) is 0.143. The maximum absolute atomic E-state index is 11.8. The number of carbonyl (C=O) groups is 2. The van der Waals surface area contributed by atoms with Crippen LogP contribution in [-0.4, -0.2) is 21.8 Å². The van der Waals surface area contributed by atoms with Crippen molar-refractivity contribution in [3.8, 4) is 5.75 Å². The number of Topliss-reactive ketones (excluding diaryl/α,β-unsaturated/α-hetero) is 1. The summed E-state index contributed by atoms with van der Waals surface area (Å²) in [6.45, 7) is 1.66. The van der Waals surface area contributed by atoms with Crippen LogP contribution >= 0.6 is 0 Å². The van der Waals surface area contributed by atoms with Gasteiger partial charge < -0.3 is 15.4 Å². The summed E-state index contributed by atoms with van der Waals surface area (Å²) in [4.78, 5) is 25.7. The number of amides is 1. The third-order valence-corrected chi connectivity index (χ3v) is 2.77. The van der Waals surface area contributed by atoms with Gasteiger partial charge in [-0.3, -0.25) is 9.59 Å². The molecule has 0 aliphatic carbocycles. The highest BCUT2D eigenvalue weighted by Gasteiger charge is 2.10. The van der Waals surface area contributed by atoms with Crippen LogP contribution < -0.4 is 5.32 Å². The van der Waals surface area contributed by atoms with Gasteiger partial charge in [0.1, 0.15) is 11.4 Å². The fourth-order valence-corrected chi connectivity index (χ4v) is 1.66. The van der Waals surface area contributed by atoms with E-state index in [1.807, 2.05) is 0 Å². The Morgan fingerprint density at radius 1 is 1.32 bits per heavy atom. The second kappa shape index (κ2) is 5.39. The molecule has 98 valence electrons. The maximum atomic E-state index is 11.8. The molecule has 0 fully saturated rings. The zero-order valence-electron chi connectivity index (χ0n) is 10.4. The molecule has 0 radical (unpaired) electrons. The van der Waals surface area contributed by atoms with Crippen LogP contribution in [0.3, 0.4) is 0 Å². The van der Waals surface area contributed by atoms with Gasteiger partial charge in [0.2, 0.25) is 0 Å². The van der Waals surface area contributed by atoms with E-state index in [4.69, 9.17) is 0 Å². The van der Waals surface area contributed by atoms with Crippen LogP contribution in [0.4, 0.5) is 0 Å². The van der Waals surface area contributed by atoms with Crippen molar-refractivity contribution in [1.82, 2.24) is 10.3 Å². The molecule has 19 heavy (non-hydrogen) atoms. The van der Waals surface area contributed by atoms with Gasteiger partial charge in [0.25, 0.3) is 5.91 Å². The average molecular weight is 258 g/mol. The molecular weight excluding hydrogens is 244 g/mol. The van der Waals surface area contributed by atoms with Crippen molar-refractivity contribution in [1.29, 1.82) is 0 Å². The number of H-pyrrole nitrogens is 1. The minimum atomic E-state index is -0.323. The van der Waals surface area contributed by atoms with Crippen molar-refractivity contribution in [2.24, 2.45) is 0 Å². The normalized spacial score (nSPS) is 10.2. The van der Waals surface area contributed by atoms with Crippen LogP contribution in [0.2, 0.25) is 0 Å². The molecule has 0 atom stereocenters. The third kappa shape index (κ3) is 3.01.